The predicted octanol–water partition coefficient (Wildman–Crippen LogP) is 0.693. The molecule has 0 bridgehead atoms. The zero-order valence-electron chi connectivity index (χ0n) is 8.85. The van der Waals surface area contributed by atoms with Crippen molar-refractivity contribution >= 4 is 0 Å². The molecule has 88 valence electrons. The zero-order valence-corrected chi connectivity index (χ0v) is 8.85. The first-order chi connectivity index (χ1) is 7.05. The average Bonchev–Trinajstić information content (AvgIpc) is 2.10. The normalized spacial score (nSPS) is 29.8. The monoisotopic (exact) mass is 220 g/mol. The van der Waals surface area contributed by atoms with Crippen LogP contribution in [0.2, 0.25) is 0 Å². The summed E-state index contributed by atoms with van der Waals surface area (Å²) < 4.78 is 31.4. The molecule has 0 aromatic heterocycles. The third-order valence-corrected chi connectivity index (χ3v) is 3.28. The number of likely N-dealkylation sites (tertiary alicyclic amines) is 1. The molecule has 0 atom stereocenters. The molecule has 0 radical (unpaired) electrons. The van der Waals surface area contributed by atoms with Crippen LogP contribution in [0.25, 0.3) is 0 Å². The van der Waals surface area contributed by atoms with Gasteiger partial charge in [0.05, 0.1) is 19.8 Å². The fourth-order valence-corrected chi connectivity index (χ4v) is 2.32. The Morgan fingerprint density at radius 3 is 2.53 bits per heavy atom. The quantitative estimate of drug-likeness (QED) is 0.760. The molecule has 0 unspecified atom stereocenters. The van der Waals surface area contributed by atoms with E-state index < -0.39 is 5.92 Å². The van der Waals surface area contributed by atoms with Crippen molar-refractivity contribution in [1.82, 2.24) is 4.90 Å². The fourth-order valence-electron chi connectivity index (χ4n) is 2.32. The van der Waals surface area contributed by atoms with Gasteiger partial charge in [-0.25, -0.2) is 8.78 Å². The molecule has 2 N–H and O–H groups in total. The van der Waals surface area contributed by atoms with Crippen LogP contribution in [0.3, 0.4) is 0 Å². The molecule has 0 saturated carbocycles. The molecule has 2 aliphatic heterocycles. The molecule has 2 fully saturated rings. The highest BCUT2D eigenvalue weighted by molar-refractivity contribution is 4.91. The Bertz CT molecular complexity index is 226. The van der Waals surface area contributed by atoms with Crippen molar-refractivity contribution < 1.29 is 13.5 Å². The highest BCUT2D eigenvalue weighted by atomic mass is 19.3. The van der Waals surface area contributed by atoms with E-state index in [4.69, 9.17) is 10.5 Å². The second kappa shape index (κ2) is 3.96. The Morgan fingerprint density at radius 2 is 2.07 bits per heavy atom. The van der Waals surface area contributed by atoms with Gasteiger partial charge in [0, 0.05) is 24.9 Å². The summed E-state index contributed by atoms with van der Waals surface area (Å²) in [6.45, 7) is 3.05. The van der Waals surface area contributed by atoms with Gasteiger partial charge in [-0.3, -0.25) is 4.90 Å². The highest BCUT2D eigenvalue weighted by Crippen LogP contribution is 2.32. The van der Waals surface area contributed by atoms with Crippen LogP contribution in [0, 0.1) is 5.41 Å². The summed E-state index contributed by atoms with van der Waals surface area (Å²) in [7, 11) is 0. The summed E-state index contributed by atoms with van der Waals surface area (Å²) in [6.07, 6.45) is 0.601. The first-order valence-corrected chi connectivity index (χ1v) is 5.43. The number of halogens is 2. The Morgan fingerprint density at radius 1 is 1.33 bits per heavy atom. The summed E-state index contributed by atoms with van der Waals surface area (Å²) in [6, 6.07) is 0. The Labute approximate surface area is 88.6 Å². The summed E-state index contributed by atoms with van der Waals surface area (Å²) >= 11 is 0. The number of hydrogen-bond acceptors (Lipinski definition) is 3. The fraction of sp³-hybridized carbons (Fsp3) is 1.00. The van der Waals surface area contributed by atoms with Crippen LogP contribution < -0.4 is 5.73 Å². The van der Waals surface area contributed by atoms with Gasteiger partial charge >= 0.3 is 0 Å². The molecule has 2 aliphatic rings. The summed E-state index contributed by atoms with van der Waals surface area (Å²) in [5.74, 6) is -2.52. The summed E-state index contributed by atoms with van der Waals surface area (Å²) in [4.78, 5) is 1.83. The van der Waals surface area contributed by atoms with E-state index in [1.807, 2.05) is 4.90 Å². The number of nitrogens with two attached hydrogens (primary N) is 1. The smallest absolute Gasteiger partial charge is 0.260 e. The molecule has 2 rings (SSSR count). The molecule has 0 aromatic rings. The number of hydrogen-bond donors (Lipinski definition) is 1. The first-order valence-electron chi connectivity index (χ1n) is 5.43. The number of nitrogens with zero attached hydrogens (tertiary/aromatic N) is 1. The van der Waals surface area contributed by atoms with Gasteiger partial charge in [0.1, 0.15) is 0 Å². The van der Waals surface area contributed by atoms with Crippen molar-refractivity contribution in [2.24, 2.45) is 11.1 Å². The van der Waals surface area contributed by atoms with E-state index in [1.54, 1.807) is 0 Å². The third kappa shape index (κ3) is 2.46. The first kappa shape index (κ1) is 11.2. The molecule has 2 heterocycles. The molecule has 0 aromatic carbocycles. The van der Waals surface area contributed by atoms with Crippen molar-refractivity contribution in [2.75, 3.05) is 39.4 Å². The lowest BCUT2D eigenvalue weighted by Crippen LogP contribution is -2.57. The number of piperidine rings is 1. The Hall–Kier alpha value is -0.260. The van der Waals surface area contributed by atoms with Crippen LogP contribution in [0.15, 0.2) is 0 Å². The SMILES string of the molecule is NCC1(CN2CCCC(F)(F)C2)COC1. The molecule has 5 heteroatoms. The maximum absolute atomic E-state index is 13.2. The average molecular weight is 220 g/mol. The number of rotatable bonds is 3. The van der Waals surface area contributed by atoms with E-state index in [2.05, 4.69) is 0 Å². The molecule has 15 heavy (non-hydrogen) atoms. The summed E-state index contributed by atoms with van der Waals surface area (Å²) in [5.41, 5.74) is 5.60. The van der Waals surface area contributed by atoms with Crippen molar-refractivity contribution in [3.63, 3.8) is 0 Å². The molecular formula is C10H18F2N2O. The maximum atomic E-state index is 13.2. The topological polar surface area (TPSA) is 38.5 Å². The predicted molar refractivity (Wildman–Crippen MR) is 52.9 cm³/mol. The molecule has 3 nitrogen and oxygen atoms in total. The maximum Gasteiger partial charge on any atom is 0.260 e. The number of ether oxygens (including phenoxy) is 1. The van der Waals surface area contributed by atoms with Crippen molar-refractivity contribution in [2.45, 2.75) is 18.8 Å². The Balaban J connectivity index is 1.88. The largest absolute Gasteiger partial charge is 0.380 e. The molecular weight excluding hydrogens is 202 g/mol. The van der Waals surface area contributed by atoms with Crippen LogP contribution in [0.4, 0.5) is 8.78 Å². The molecule has 0 spiro atoms. The van der Waals surface area contributed by atoms with E-state index in [9.17, 15) is 8.78 Å². The molecule has 0 amide bonds. The second-order valence-electron chi connectivity index (χ2n) is 4.87. The van der Waals surface area contributed by atoms with Crippen LogP contribution in [-0.2, 0) is 4.74 Å². The van der Waals surface area contributed by atoms with Gasteiger partial charge in [0.25, 0.3) is 5.92 Å². The van der Waals surface area contributed by atoms with Gasteiger partial charge in [0.2, 0.25) is 0 Å². The van der Waals surface area contributed by atoms with Crippen LogP contribution in [-0.4, -0.2) is 50.2 Å². The van der Waals surface area contributed by atoms with Gasteiger partial charge in [-0.05, 0) is 13.0 Å². The minimum Gasteiger partial charge on any atom is -0.380 e. The van der Waals surface area contributed by atoms with Gasteiger partial charge < -0.3 is 10.5 Å². The van der Waals surface area contributed by atoms with E-state index in [0.29, 0.717) is 32.7 Å². The van der Waals surface area contributed by atoms with Gasteiger partial charge in [-0.1, -0.05) is 0 Å². The number of alkyl halides is 2. The van der Waals surface area contributed by atoms with Crippen molar-refractivity contribution in [1.29, 1.82) is 0 Å². The zero-order chi connectivity index (χ0) is 10.9. The van der Waals surface area contributed by atoms with Gasteiger partial charge in [0.15, 0.2) is 0 Å². The lowest BCUT2D eigenvalue weighted by Gasteiger charge is -2.45. The van der Waals surface area contributed by atoms with Crippen LogP contribution in [0.1, 0.15) is 12.8 Å². The van der Waals surface area contributed by atoms with Gasteiger partial charge in [-0.15, -0.1) is 0 Å². The summed E-state index contributed by atoms with van der Waals surface area (Å²) in [5, 5.41) is 0. The van der Waals surface area contributed by atoms with Crippen molar-refractivity contribution in [3.8, 4) is 0 Å². The van der Waals surface area contributed by atoms with Crippen LogP contribution in [0.5, 0.6) is 0 Å². The third-order valence-electron chi connectivity index (χ3n) is 3.28. The van der Waals surface area contributed by atoms with E-state index in [-0.39, 0.29) is 18.4 Å². The lowest BCUT2D eigenvalue weighted by molar-refractivity contribution is -0.138. The lowest BCUT2D eigenvalue weighted by atomic mass is 9.85. The minimum atomic E-state index is -2.52. The van der Waals surface area contributed by atoms with E-state index >= 15 is 0 Å². The molecule has 2 saturated heterocycles. The highest BCUT2D eigenvalue weighted by Gasteiger charge is 2.42. The molecule has 0 aliphatic carbocycles. The minimum absolute atomic E-state index is 0.0234. The Kier molecular flexibility index (Phi) is 2.96. The van der Waals surface area contributed by atoms with Gasteiger partial charge in [-0.2, -0.15) is 0 Å². The van der Waals surface area contributed by atoms with Crippen molar-refractivity contribution in [3.05, 3.63) is 0 Å². The second-order valence-corrected chi connectivity index (χ2v) is 4.87. The van der Waals surface area contributed by atoms with E-state index in [0.717, 1.165) is 6.54 Å². The van der Waals surface area contributed by atoms with E-state index in [1.165, 1.54) is 0 Å². The standard InChI is InChI=1S/C10H18F2N2O/c11-10(12)2-1-3-14(6-10)5-9(4-13)7-15-8-9/h1-8,13H2. The van der Waals surface area contributed by atoms with Crippen LogP contribution >= 0.6 is 0 Å².